The largest absolute Gasteiger partial charge is 0.411 e. The van der Waals surface area contributed by atoms with E-state index in [1.807, 2.05) is 41.9 Å². The highest BCUT2D eigenvalue weighted by Gasteiger charge is 2.38. The minimum atomic E-state index is -0.470. The first-order valence-corrected chi connectivity index (χ1v) is 10.2. The maximum Gasteiger partial charge on any atom is 0.312 e. The Kier molecular flexibility index (Phi) is 4.10. The summed E-state index contributed by atoms with van der Waals surface area (Å²) < 4.78 is 7.50. The fraction of sp³-hybridized carbons (Fsp3) is 0.182. The smallest absolute Gasteiger partial charge is 0.312 e. The Morgan fingerprint density at radius 1 is 1.19 bits per heavy atom. The van der Waals surface area contributed by atoms with Crippen LogP contribution < -0.4 is 0 Å². The van der Waals surface area contributed by atoms with E-state index in [0.29, 0.717) is 18.7 Å². The van der Waals surface area contributed by atoms with E-state index < -0.39 is 6.04 Å². The van der Waals surface area contributed by atoms with E-state index in [1.165, 1.54) is 0 Å². The molecule has 6 rings (SSSR count). The van der Waals surface area contributed by atoms with E-state index in [9.17, 15) is 4.79 Å². The highest BCUT2D eigenvalue weighted by molar-refractivity contribution is 5.90. The lowest BCUT2D eigenvalue weighted by Gasteiger charge is -2.32. The fourth-order valence-electron chi connectivity index (χ4n) is 4.06. The molecule has 1 aliphatic rings. The van der Waals surface area contributed by atoms with Crippen LogP contribution in [0.4, 0.5) is 0 Å². The summed E-state index contributed by atoms with van der Waals surface area (Å²) in [5, 5.41) is 12.7. The molecule has 6 heterocycles. The Morgan fingerprint density at radius 3 is 3.00 bits per heavy atom. The molecule has 1 N–H and O–H groups in total. The molecule has 1 atom stereocenters. The molecule has 5 aromatic heterocycles. The van der Waals surface area contributed by atoms with Gasteiger partial charge in [0.25, 0.3) is 5.89 Å². The minimum Gasteiger partial charge on any atom is -0.411 e. The molecular weight excluding hydrogens is 408 g/mol. The van der Waals surface area contributed by atoms with Crippen LogP contribution >= 0.6 is 0 Å². The van der Waals surface area contributed by atoms with E-state index in [2.05, 4.69) is 25.1 Å². The minimum absolute atomic E-state index is 0.0887. The van der Waals surface area contributed by atoms with Gasteiger partial charge in [-0.2, -0.15) is 5.10 Å². The third kappa shape index (κ3) is 2.96. The number of carbonyl (C=O) groups is 1. The summed E-state index contributed by atoms with van der Waals surface area (Å²) >= 11 is 0. The normalized spacial score (nSPS) is 15.8. The summed E-state index contributed by atoms with van der Waals surface area (Å²) in [5.74, 6) is -0.257. The van der Waals surface area contributed by atoms with Crippen molar-refractivity contribution in [2.24, 2.45) is 0 Å². The number of fused-ring (bicyclic) bond motifs is 2. The number of aryl methyl sites for hydroxylation is 1. The van der Waals surface area contributed by atoms with Gasteiger partial charge in [-0.05, 0) is 36.8 Å². The van der Waals surface area contributed by atoms with E-state index in [-0.39, 0.29) is 17.7 Å². The zero-order valence-corrected chi connectivity index (χ0v) is 17.1. The van der Waals surface area contributed by atoms with Crippen LogP contribution in [0.1, 0.15) is 39.4 Å². The van der Waals surface area contributed by atoms with Crippen molar-refractivity contribution in [2.45, 2.75) is 19.4 Å². The number of hydrogen-bond acceptors (Lipinski definition) is 7. The number of imidazole rings is 1. The molecule has 10 heteroatoms. The molecule has 1 amide bonds. The van der Waals surface area contributed by atoms with Crippen LogP contribution in [-0.4, -0.2) is 52.1 Å². The van der Waals surface area contributed by atoms with Gasteiger partial charge in [-0.1, -0.05) is 12.1 Å². The molecule has 0 bridgehead atoms. The number of pyridine rings is 2. The van der Waals surface area contributed by atoms with Crippen molar-refractivity contribution >= 4 is 11.4 Å². The van der Waals surface area contributed by atoms with Crippen LogP contribution in [0, 0.1) is 6.92 Å². The van der Waals surface area contributed by atoms with Gasteiger partial charge in [0.15, 0.2) is 0 Å². The van der Waals surface area contributed by atoms with Gasteiger partial charge in [0.05, 0.1) is 23.2 Å². The first-order chi connectivity index (χ1) is 15.7. The lowest BCUT2D eigenvalue weighted by atomic mass is 9.99. The summed E-state index contributed by atoms with van der Waals surface area (Å²) in [6.07, 6.45) is 5.88. The fourth-order valence-corrected chi connectivity index (χ4v) is 4.06. The van der Waals surface area contributed by atoms with Gasteiger partial charge in [0.1, 0.15) is 11.7 Å². The Labute approximate surface area is 181 Å². The number of rotatable bonds is 3. The number of aromatic nitrogens is 7. The van der Waals surface area contributed by atoms with Crippen molar-refractivity contribution in [3.05, 3.63) is 83.7 Å². The third-order valence-corrected chi connectivity index (χ3v) is 5.58. The summed E-state index contributed by atoms with van der Waals surface area (Å²) in [5.41, 5.74) is 5.04. The summed E-state index contributed by atoms with van der Waals surface area (Å²) in [6, 6.07) is 10.9. The van der Waals surface area contributed by atoms with Gasteiger partial charge < -0.3 is 14.3 Å². The lowest BCUT2D eigenvalue weighted by Crippen LogP contribution is -2.41. The molecule has 32 heavy (non-hydrogen) atoms. The molecule has 10 nitrogen and oxygen atoms in total. The monoisotopic (exact) mass is 426 g/mol. The average molecular weight is 426 g/mol. The Morgan fingerprint density at radius 2 is 2.12 bits per heavy atom. The van der Waals surface area contributed by atoms with Gasteiger partial charge in [-0.15, -0.1) is 10.2 Å². The Hall–Kier alpha value is -4.34. The van der Waals surface area contributed by atoms with Crippen LogP contribution in [-0.2, 0) is 6.42 Å². The van der Waals surface area contributed by atoms with Gasteiger partial charge in [0, 0.05) is 31.1 Å². The van der Waals surface area contributed by atoms with E-state index >= 15 is 0 Å². The standard InChI is InChI=1S/C22H18N8O2/c1-13-5-6-14-10-17(28-30(14)11-13)19-18-15(24-12-25-18)7-9-29(19)22(31)21-27-26-20(32-21)16-4-2-3-8-23-16/h2-6,8,10-12,19H,7,9H2,1H3,(H,24,25)/t19-/m0/s1. The third-order valence-electron chi connectivity index (χ3n) is 5.58. The average Bonchev–Trinajstić information content (AvgIpc) is 3.57. The maximum absolute atomic E-state index is 13.5. The molecule has 0 radical (unpaired) electrons. The van der Waals surface area contributed by atoms with Gasteiger partial charge >= 0.3 is 11.8 Å². The summed E-state index contributed by atoms with van der Waals surface area (Å²) in [4.78, 5) is 27.0. The van der Waals surface area contributed by atoms with Crippen LogP contribution in [0.3, 0.4) is 0 Å². The summed E-state index contributed by atoms with van der Waals surface area (Å²) in [7, 11) is 0. The molecule has 0 spiro atoms. The topological polar surface area (TPSA) is 118 Å². The second kappa shape index (κ2) is 7.12. The second-order valence-corrected chi connectivity index (χ2v) is 7.69. The molecule has 0 unspecified atom stereocenters. The highest BCUT2D eigenvalue weighted by Crippen LogP contribution is 2.34. The van der Waals surface area contributed by atoms with Crippen molar-refractivity contribution in [1.29, 1.82) is 0 Å². The van der Waals surface area contributed by atoms with Gasteiger partial charge in [-0.25, -0.2) is 9.50 Å². The predicted octanol–water partition coefficient (Wildman–Crippen LogP) is 2.60. The van der Waals surface area contributed by atoms with Crippen molar-refractivity contribution in [3.63, 3.8) is 0 Å². The number of nitrogens with one attached hydrogen (secondary N) is 1. The van der Waals surface area contributed by atoms with Crippen LogP contribution in [0.2, 0.25) is 0 Å². The van der Waals surface area contributed by atoms with E-state index in [1.54, 1.807) is 29.6 Å². The zero-order valence-electron chi connectivity index (χ0n) is 17.1. The SMILES string of the molecule is Cc1ccc2cc([C@H]3c4nc[nH]c4CCN3C(=O)c3nnc(-c4ccccn4)o3)nn2c1. The van der Waals surface area contributed by atoms with Crippen molar-refractivity contribution in [3.8, 4) is 11.6 Å². The highest BCUT2D eigenvalue weighted by atomic mass is 16.4. The number of aromatic amines is 1. The lowest BCUT2D eigenvalue weighted by molar-refractivity contribution is 0.0646. The van der Waals surface area contributed by atoms with E-state index in [4.69, 9.17) is 9.52 Å². The molecular formula is C22H18N8O2. The summed E-state index contributed by atoms with van der Waals surface area (Å²) in [6.45, 7) is 2.48. The van der Waals surface area contributed by atoms with Crippen molar-refractivity contribution in [2.75, 3.05) is 6.54 Å². The molecule has 0 saturated carbocycles. The Balaban J connectivity index is 1.40. The number of amides is 1. The number of hydrogen-bond donors (Lipinski definition) is 1. The van der Waals surface area contributed by atoms with Crippen LogP contribution in [0.5, 0.6) is 0 Å². The first kappa shape index (κ1) is 18.4. The molecule has 5 aromatic rings. The number of nitrogens with zero attached hydrogens (tertiary/aromatic N) is 7. The molecule has 0 aliphatic carbocycles. The van der Waals surface area contributed by atoms with E-state index in [0.717, 1.165) is 28.2 Å². The van der Waals surface area contributed by atoms with Crippen molar-refractivity contribution < 1.29 is 9.21 Å². The number of H-pyrrole nitrogens is 1. The molecule has 0 fully saturated rings. The molecule has 1 aliphatic heterocycles. The van der Waals surface area contributed by atoms with Crippen LogP contribution in [0.25, 0.3) is 17.1 Å². The maximum atomic E-state index is 13.5. The van der Waals surface area contributed by atoms with Crippen LogP contribution in [0.15, 0.2) is 59.5 Å². The van der Waals surface area contributed by atoms with Gasteiger partial charge in [0.2, 0.25) is 0 Å². The molecule has 158 valence electrons. The van der Waals surface area contributed by atoms with Gasteiger partial charge in [-0.3, -0.25) is 9.78 Å². The second-order valence-electron chi connectivity index (χ2n) is 7.69. The quantitative estimate of drug-likeness (QED) is 0.471. The first-order valence-electron chi connectivity index (χ1n) is 10.2. The number of carbonyl (C=O) groups excluding carboxylic acids is 1. The van der Waals surface area contributed by atoms with Crippen molar-refractivity contribution in [1.82, 2.24) is 39.7 Å². The molecule has 0 saturated heterocycles. The zero-order chi connectivity index (χ0) is 21.7. The Bertz CT molecular complexity index is 1430. The molecule has 0 aromatic carbocycles. The predicted molar refractivity (Wildman–Crippen MR) is 113 cm³/mol.